The summed E-state index contributed by atoms with van der Waals surface area (Å²) in [6.45, 7) is 14.0. The van der Waals surface area contributed by atoms with Crippen molar-refractivity contribution in [3.05, 3.63) is 112 Å². The first-order valence-corrected chi connectivity index (χ1v) is 16.6. The molecule has 196 valence electrons. The van der Waals surface area contributed by atoms with Gasteiger partial charge in [-0.2, -0.15) is 0 Å². The van der Waals surface area contributed by atoms with Gasteiger partial charge >= 0.3 is 0 Å². The van der Waals surface area contributed by atoms with Crippen molar-refractivity contribution in [2.75, 3.05) is 0 Å². The average molecular weight is 584 g/mol. The molecule has 4 aromatic rings. The van der Waals surface area contributed by atoms with Gasteiger partial charge in [-0.3, -0.25) is 0 Å². The standard InChI is InChI=1S/C35H39BrOSi/c1-25(2)38(26(3)4,27(5)6)37-35-22-19-32-23-31(15-18-33(32)24-35)14-13-29-9-7-28(8-10-29)11-12-30-16-20-34(36)21-17-30/h7-27H,1-6H3/b12-11-,14-13+. The predicted octanol–water partition coefficient (Wildman–Crippen LogP) is 11.5. The van der Waals surface area contributed by atoms with Gasteiger partial charge in [0.05, 0.1) is 0 Å². The minimum atomic E-state index is -1.96. The fraction of sp³-hybridized carbons (Fsp3) is 0.257. The molecule has 0 bridgehead atoms. The van der Waals surface area contributed by atoms with E-state index in [9.17, 15) is 0 Å². The molecule has 0 heterocycles. The molecule has 0 aliphatic carbocycles. The third kappa shape index (κ3) is 6.57. The van der Waals surface area contributed by atoms with Crippen LogP contribution >= 0.6 is 15.9 Å². The van der Waals surface area contributed by atoms with E-state index in [1.165, 1.54) is 33.0 Å². The Hall–Kier alpha value is -2.88. The van der Waals surface area contributed by atoms with Gasteiger partial charge in [0, 0.05) is 4.47 Å². The Morgan fingerprint density at radius 1 is 0.526 bits per heavy atom. The Labute approximate surface area is 238 Å². The summed E-state index contributed by atoms with van der Waals surface area (Å²) in [7, 11) is -1.96. The summed E-state index contributed by atoms with van der Waals surface area (Å²) in [5, 5.41) is 2.46. The fourth-order valence-electron chi connectivity index (χ4n) is 5.64. The van der Waals surface area contributed by atoms with Crippen LogP contribution in [-0.2, 0) is 0 Å². The van der Waals surface area contributed by atoms with E-state index in [-0.39, 0.29) is 0 Å². The molecule has 38 heavy (non-hydrogen) atoms. The van der Waals surface area contributed by atoms with Crippen molar-refractivity contribution < 1.29 is 4.43 Å². The van der Waals surface area contributed by atoms with Crippen LogP contribution < -0.4 is 4.43 Å². The Morgan fingerprint density at radius 3 is 1.42 bits per heavy atom. The summed E-state index contributed by atoms with van der Waals surface area (Å²) in [5.41, 5.74) is 6.43. The van der Waals surface area contributed by atoms with Gasteiger partial charge in [-0.1, -0.05) is 136 Å². The van der Waals surface area contributed by atoms with Crippen LogP contribution in [0.1, 0.15) is 63.8 Å². The molecular weight excluding hydrogens is 544 g/mol. The zero-order chi connectivity index (χ0) is 27.3. The molecule has 0 atom stereocenters. The maximum absolute atomic E-state index is 6.91. The van der Waals surface area contributed by atoms with Gasteiger partial charge in [0.15, 0.2) is 0 Å². The molecule has 0 N–H and O–H groups in total. The second-order valence-corrected chi connectivity index (χ2v) is 17.4. The van der Waals surface area contributed by atoms with Crippen molar-refractivity contribution in [2.24, 2.45) is 0 Å². The molecule has 0 saturated carbocycles. The van der Waals surface area contributed by atoms with Gasteiger partial charge in [0.25, 0.3) is 8.32 Å². The van der Waals surface area contributed by atoms with Gasteiger partial charge < -0.3 is 4.43 Å². The van der Waals surface area contributed by atoms with Crippen molar-refractivity contribution in [1.29, 1.82) is 0 Å². The molecule has 0 aromatic heterocycles. The molecule has 0 aliphatic heterocycles. The van der Waals surface area contributed by atoms with Crippen molar-refractivity contribution in [2.45, 2.75) is 58.2 Å². The van der Waals surface area contributed by atoms with Crippen LogP contribution in [0.5, 0.6) is 5.75 Å². The van der Waals surface area contributed by atoms with E-state index >= 15 is 0 Å². The van der Waals surface area contributed by atoms with Crippen LogP contribution in [0.15, 0.2) is 89.4 Å². The van der Waals surface area contributed by atoms with Crippen molar-refractivity contribution in [3.63, 3.8) is 0 Å². The lowest BCUT2D eigenvalue weighted by Gasteiger charge is -2.42. The Kier molecular flexibility index (Phi) is 9.12. The SMILES string of the molecule is CC(C)[Si](Oc1ccc2cc(/C=C/c3ccc(/C=C\c4ccc(Br)cc4)cc3)ccc2c1)(C(C)C)C(C)C. The smallest absolute Gasteiger partial charge is 0.258 e. The molecule has 0 aliphatic rings. The predicted molar refractivity (Wildman–Crippen MR) is 174 cm³/mol. The lowest BCUT2D eigenvalue weighted by Crippen LogP contribution is -2.50. The first kappa shape index (κ1) is 28.1. The van der Waals surface area contributed by atoms with Crippen LogP contribution in [0.25, 0.3) is 35.1 Å². The minimum Gasteiger partial charge on any atom is -0.543 e. The van der Waals surface area contributed by atoms with E-state index in [2.05, 4.69) is 167 Å². The molecule has 0 fully saturated rings. The normalized spacial score (nSPS) is 12.6. The molecule has 3 heteroatoms. The zero-order valence-corrected chi connectivity index (χ0v) is 26.0. The van der Waals surface area contributed by atoms with Gasteiger partial charge in [0.1, 0.15) is 5.75 Å². The first-order chi connectivity index (χ1) is 18.2. The number of hydrogen-bond acceptors (Lipinski definition) is 1. The van der Waals surface area contributed by atoms with Gasteiger partial charge in [-0.05, 0) is 80.0 Å². The van der Waals surface area contributed by atoms with Crippen LogP contribution in [0.2, 0.25) is 16.6 Å². The number of hydrogen-bond donors (Lipinski definition) is 0. The topological polar surface area (TPSA) is 9.23 Å². The summed E-state index contributed by atoms with van der Waals surface area (Å²) in [6, 6.07) is 30.2. The maximum Gasteiger partial charge on any atom is 0.258 e. The van der Waals surface area contributed by atoms with Crippen LogP contribution in [0.3, 0.4) is 0 Å². The Bertz CT molecular complexity index is 1390. The Balaban J connectivity index is 1.46. The van der Waals surface area contributed by atoms with Gasteiger partial charge in [0.2, 0.25) is 0 Å². The van der Waals surface area contributed by atoms with Gasteiger partial charge in [-0.15, -0.1) is 0 Å². The summed E-state index contributed by atoms with van der Waals surface area (Å²) in [6.07, 6.45) is 8.65. The first-order valence-electron chi connectivity index (χ1n) is 13.6. The van der Waals surface area contributed by atoms with Crippen LogP contribution in [0, 0.1) is 0 Å². The van der Waals surface area contributed by atoms with E-state index in [4.69, 9.17) is 4.43 Å². The monoisotopic (exact) mass is 582 g/mol. The summed E-state index contributed by atoms with van der Waals surface area (Å²) in [5.74, 6) is 1.01. The average Bonchev–Trinajstić information content (AvgIpc) is 2.90. The third-order valence-corrected chi connectivity index (χ3v) is 14.1. The van der Waals surface area contributed by atoms with Crippen molar-refractivity contribution >= 4 is 59.3 Å². The van der Waals surface area contributed by atoms with E-state index in [0.29, 0.717) is 16.6 Å². The highest BCUT2D eigenvalue weighted by Crippen LogP contribution is 2.43. The van der Waals surface area contributed by atoms with Crippen molar-refractivity contribution in [1.82, 2.24) is 0 Å². The van der Waals surface area contributed by atoms with E-state index in [1.54, 1.807) is 0 Å². The highest BCUT2D eigenvalue weighted by atomic mass is 79.9. The lowest BCUT2D eigenvalue weighted by atomic mass is 10.0. The molecule has 0 amide bonds. The maximum atomic E-state index is 6.91. The third-order valence-electron chi connectivity index (χ3n) is 7.58. The minimum absolute atomic E-state index is 0.558. The molecule has 4 rings (SSSR count). The lowest BCUT2D eigenvalue weighted by molar-refractivity contribution is 0.480. The molecular formula is C35H39BrOSi. The molecule has 0 radical (unpaired) electrons. The number of benzene rings is 4. The quantitative estimate of drug-likeness (QED) is 0.141. The highest BCUT2D eigenvalue weighted by Gasteiger charge is 2.46. The zero-order valence-electron chi connectivity index (χ0n) is 23.4. The largest absolute Gasteiger partial charge is 0.543 e. The Morgan fingerprint density at radius 2 is 0.921 bits per heavy atom. The van der Waals surface area contributed by atoms with Gasteiger partial charge in [-0.25, -0.2) is 0 Å². The summed E-state index contributed by atoms with van der Waals surface area (Å²) < 4.78 is 8.00. The van der Waals surface area contributed by atoms with E-state index < -0.39 is 8.32 Å². The van der Waals surface area contributed by atoms with Crippen LogP contribution in [0.4, 0.5) is 0 Å². The molecule has 4 aromatic carbocycles. The van der Waals surface area contributed by atoms with Crippen LogP contribution in [-0.4, -0.2) is 8.32 Å². The molecule has 0 unspecified atom stereocenters. The molecule has 1 nitrogen and oxygen atoms in total. The number of rotatable bonds is 9. The van der Waals surface area contributed by atoms with E-state index in [0.717, 1.165) is 10.2 Å². The van der Waals surface area contributed by atoms with E-state index in [1.807, 2.05) is 0 Å². The fourth-order valence-corrected chi connectivity index (χ4v) is 11.2. The second kappa shape index (κ2) is 12.3. The number of halogens is 1. The highest BCUT2D eigenvalue weighted by molar-refractivity contribution is 9.10. The molecule has 0 spiro atoms. The second-order valence-electron chi connectivity index (χ2n) is 11.1. The number of fused-ring (bicyclic) bond motifs is 1. The summed E-state index contributed by atoms with van der Waals surface area (Å²) >= 11 is 3.48. The summed E-state index contributed by atoms with van der Waals surface area (Å²) in [4.78, 5) is 0. The van der Waals surface area contributed by atoms with Crippen molar-refractivity contribution in [3.8, 4) is 5.75 Å². The molecule has 0 saturated heterocycles.